The zero-order chi connectivity index (χ0) is 22.4. The molecule has 0 heterocycles. The van der Waals surface area contributed by atoms with Gasteiger partial charge in [-0.3, -0.25) is 14.4 Å². The quantitative estimate of drug-likeness (QED) is 0.366. The summed E-state index contributed by atoms with van der Waals surface area (Å²) in [5.74, 6) is -6.81. The first kappa shape index (κ1) is 22.7. The molecule has 1 aliphatic rings. The van der Waals surface area contributed by atoms with Gasteiger partial charge in [0.1, 0.15) is 0 Å². The average molecular weight is 452 g/mol. The van der Waals surface area contributed by atoms with E-state index < -0.39 is 54.1 Å². The van der Waals surface area contributed by atoms with E-state index in [-0.39, 0.29) is 5.75 Å². The summed E-state index contributed by atoms with van der Waals surface area (Å²) in [7, 11) is 0. The lowest BCUT2D eigenvalue weighted by molar-refractivity contribution is -0.146. The number of nitrogens with one attached hydrogen (secondary N) is 2. The summed E-state index contributed by atoms with van der Waals surface area (Å²) in [6, 6.07) is 7.58. The monoisotopic (exact) mass is 452 g/mol. The van der Waals surface area contributed by atoms with Gasteiger partial charge in [0.2, 0.25) is 5.91 Å². The molecule has 2 aromatic carbocycles. The van der Waals surface area contributed by atoms with Gasteiger partial charge in [0.05, 0.1) is 18.0 Å². The molecule has 0 unspecified atom stereocenters. The first-order valence-corrected chi connectivity index (χ1v) is 10.4. The number of carbonyl (C=O) groups excluding carboxylic acids is 3. The number of hydrogen-bond acceptors (Lipinski definition) is 5. The van der Waals surface area contributed by atoms with Gasteiger partial charge in [-0.05, 0) is 54.7 Å². The van der Waals surface area contributed by atoms with Gasteiger partial charge in [-0.15, -0.1) is 11.8 Å². The van der Waals surface area contributed by atoms with E-state index >= 15 is 0 Å². The molecule has 3 rings (SSSR count). The van der Waals surface area contributed by atoms with Crippen LogP contribution in [-0.2, 0) is 32.0 Å². The van der Waals surface area contributed by atoms with Crippen LogP contribution in [0, 0.1) is 17.5 Å². The van der Waals surface area contributed by atoms with Gasteiger partial charge in [0, 0.05) is 4.90 Å². The number of anilines is 1. The molecular weight excluding hydrogens is 433 g/mol. The number of ether oxygens (including phenoxy) is 1. The smallest absolute Gasteiger partial charge is 0.316 e. The van der Waals surface area contributed by atoms with Crippen molar-refractivity contribution in [1.29, 1.82) is 0 Å². The fourth-order valence-electron chi connectivity index (χ4n) is 3.01. The molecule has 0 fully saturated rings. The third kappa shape index (κ3) is 6.24. The van der Waals surface area contributed by atoms with E-state index in [1.54, 1.807) is 0 Å². The Morgan fingerprint density at radius 3 is 2.55 bits per heavy atom. The van der Waals surface area contributed by atoms with Crippen LogP contribution in [0.4, 0.5) is 18.9 Å². The maximum absolute atomic E-state index is 13.5. The number of carbonyl (C=O) groups is 3. The lowest BCUT2D eigenvalue weighted by Gasteiger charge is -2.09. The topological polar surface area (TPSA) is 84.5 Å². The predicted molar refractivity (Wildman–Crippen MR) is 108 cm³/mol. The summed E-state index contributed by atoms with van der Waals surface area (Å²) in [5.41, 5.74) is 2.06. The van der Waals surface area contributed by atoms with Crippen molar-refractivity contribution in [1.82, 2.24) is 5.32 Å². The minimum atomic E-state index is -1.72. The fraction of sp³-hybridized carbons (Fsp3) is 0.286. The highest BCUT2D eigenvalue weighted by Crippen LogP contribution is 2.27. The van der Waals surface area contributed by atoms with Crippen molar-refractivity contribution in [2.45, 2.75) is 24.2 Å². The molecule has 0 saturated heterocycles. The number of hydrogen-bond donors (Lipinski definition) is 2. The van der Waals surface area contributed by atoms with Gasteiger partial charge in [-0.25, -0.2) is 13.2 Å². The highest BCUT2D eigenvalue weighted by Gasteiger charge is 2.16. The number of benzene rings is 2. The zero-order valence-corrected chi connectivity index (χ0v) is 17.1. The molecule has 2 aromatic rings. The molecule has 6 nitrogen and oxygen atoms in total. The van der Waals surface area contributed by atoms with Crippen LogP contribution in [0.15, 0.2) is 35.2 Å². The van der Waals surface area contributed by atoms with Crippen LogP contribution in [0.5, 0.6) is 0 Å². The van der Waals surface area contributed by atoms with Gasteiger partial charge in [-0.2, -0.15) is 0 Å². The summed E-state index contributed by atoms with van der Waals surface area (Å²) >= 11 is 1.31. The van der Waals surface area contributed by atoms with Crippen LogP contribution in [0.25, 0.3) is 0 Å². The second kappa shape index (κ2) is 10.3. The predicted octanol–water partition coefficient (Wildman–Crippen LogP) is 2.98. The minimum Gasteiger partial charge on any atom is -0.455 e. The normalized spacial score (nSPS) is 12.2. The Morgan fingerprint density at radius 2 is 1.74 bits per heavy atom. The molecule has 2 amide bonds. The van der Waals surface area contributed by atoms with Gasteiger partial charge in [0.25, 0.3) is 5.91 Å². The summed E-state index contributed by atoms with van der Waals surface area (Å²) < 4.78 is 44.4. The summed E-state index contributed by atoms with van der Waals surface area (Å²) in [6.07, 6.45) is 3.24. The lowest BCUT2D eigenvalue weighted by atomic mass is 10.1. The number of halogens is 3. The van der Waals surface area contributed by atoms with Gasteiger partial charge in [0.15, 0.2) is 24.1 Å². The van der Waals surface area contributed by atoms with Crippen LogP contribution < -0.4 is 10.6 Å². The van der Waals surface area contributed by atoms with Crippen LogP contribution >= 0.6 is 11.8 Å². The molecule has 2 N–H and O–H groups in total. The largest absolute Gasteiger partial charge is 0.455 e. The second-order valence-corrected chi connectivity index (χ2v) is 7.83. The molecule has 31 heavy (non-hydrogen) atoms. The molecule has 0 aliphatic heterocycles. The molecule has 10 heteroatoms. The molecule has 164 valence electrons. The Labute approximate surface area is 180 Å². The van der Waals surface area contributed by atoms with E-state index in [2.05, 4.69) is 17.4 Å². The van der Waals surface area contributed by atoms with Crippen molar-refractivity contribution < 1.29 is 32.3 Å². The Hall–Kier alpha value is -3.01. The minimum absolute atomic E-state index is 0.0297. The van der Waals surface area contributed by atoms with E-state index in [4.69, 9.17) is 4.74 Å². The maximum Gasteiger partial charge on any atom is 0.316 e. The van der Waals surface area contributed by atoms with Crippen molar-refractivity contribution in [3.05, 3.63) is 58.9 Å². The van der Waals surface area contributed by atoms with Crippen molar-refractivity contribution in [2.24, 2.45) is 0 Å². The molecule has 0 atom stereocenters. The van der Waals surface area contributed by atoms with Crippen molar-refractivity contribution >= 4 is 35.2 Å². The average Bonchev–Trinajstić information content (AvgIpc) is 3.23. The Balaban J connectivity index is 1.35. The van der Waals surface area contributed by atoms with Crippen molar-refractivity contribution in [2.75, 3.05) is 24.2 Å². The van der Waals surface area contributed by atoms with Crippen LogP contribution in [0.3, 0.4) is 0 Å². The third-order valence-electron chi connectivity index (χ3n) is 4.55. The molecule has 0 bridgehead atoms. The van der Waals surface area contributed by atoms with Crippen LogP contribution in [0.2, 0.25) is 0 Å². The number of amides is 2. The van der Waals surface area contributed by atoms with E-state index in [1.165, 1.54) is 22.9 Å². The molecule has 1 aliphatic carbocycles. The molecular formula is C21H19F3N2O4S. The summed E-state index contributed by atoms with van der Waals surface area (Å²) in [4.78, 5) is 36.2. The summed E-state index contributed by atoms with van der Waals surface area (Å²) in [6.45, 7) is -1.16. The molecule has 0 radical (unpaired) electrons. The Kier molecular flexibility index (Phi) is 7.56. The Bertz CT molecular complexity index is 1020. The van der Waals surface area contributed by atoms with E-state index in [0.717, 1.165) is 30.2 Å². The number of rotatable bonds is 8. The number of aryl methyl sites for hydroxylation is 2. The van der Waals surface area contributed by atoms with Gasteiger partial charge in [-0.1, -0.05) is 6.07 Å². The number of esters is 1. The first-order chi connectivity index (χ1) is 14.8. The fourth-order valence-corrected chi connectivity index (χ4v) is 3.77. The molecule has 0 saturated carbocycles. The zero-order valence-electron chi connectivity index (χ0n) is 16.3. The van der Waals surface area contributed by atoms with Crippen molar-refractivity contribution in [3.8, 4) is 0 Å². The van der Waals surface area contributed by atoms with Crippen molar-refractivity contribution in [3.63, 3.8) is 0 Å². The number of fused-ring (bicyclic) bond motifs is 1. The standard InChI is InChI=1S/C21H19F3N2O4S/c22-15-6-7-16(21(24)20(15)23)26-17(27)9-25-18(28)10-30-19(29)11-31-14-5-4-12-2-1-3-13(12)8-14/h4-8H,1-3,9-11H2,(H,25,28)(H,26,27). The molecule has 0 aromatic heterocycles. The molecule has 0 spiro atoms. The highest BCUT2D eigenvalue weighted by atomic mass is 32.2. The van der Waals surface area contributed by atoms with E-state index in [0.29, 0.717) is 6.07 Å². The highest BCUT2D eigenvalue weighted by molar-refractivity contribution is 8.00. The summed E-state index contributed by atoms with van der Waals surface area (Å²) in [5, 5.41) is 4.19. The number of thioether (sulfide) groups is 1. The van der Waals surface area contributed by atoms with Gasteiger partial charge < -0.3 is 15.4 Å². The van der Waals surface area contributed by atoms with E-state index in [9.17, 15) is 27.6 Å². The SMILES string of the molecule is O=C(COC(=O)CSc1ccc2c(c1)CCC2)NCC(=O)Nc1ccc(F)c(F)c1F. The first-order valence-electron chi connectivity index (χ1n) is 9.43. The Morgan fingerprint density at radius 1 is 0.968 bits per heavy atom. The third-order valence-corrected chi connectivity index (χ3v) is 5.51. The second-order valence-electron chi connectivity index (χ2n) is 6.78. The van der Waals surface area contributed by atoms with Crippen LogP contribution in [0.1, 0.15) is 17.5 Å². The van der Waals surface area contributed by atoms with Crippen LogP contribution in [-0.4, -0.2) is 36.7 Å². The lowest BCUT2D eigenvalue weighted by Crippen LogP contribution is -2.35. The maximum atomic E-state index is 13.5. The van der Waals surface area contributed by atoms with E-state index in [1.807, 2.05) is 11.4 Å². The van der Waals surface area contributed by atoms with Gasteiger partial charge >= 0.3 is 5.97 Å².